The Balaban J connectivity index is 2.12. The summed E-state index contributed by atoms with van der Waals surface area (Å²) in [6, 6.07) is -4.54. The Bertz CT molecular complexity index is 2030. The minimum absolute atomic E-state index is 0.0120. The normalized spacial score (nSPS) is 18.9. The third kappa shape index (κ3) is 21.7. The number of aliphatic hydroxyl groups excluding tert-OH is 4. The molecule has 0 spiro atoms. The van der Waals surface area contributed by atoms with E-state index in [9.17, 15) is 68.7 Å². The maximum Gasteiger partial charge on any atom is 0.329 e. The summed E-state index contributed by atoms with van der Waals surface area (Å²) in [5.41, 5.74) is 0.583. The Morgan fingerprint density at radius 1 is 0.716 bits per heavy atom. The molecule has 0 bridgehead atoms. The number of esters is 1. The number of nitrogens with one attached hydrogen (secondary N) is 7. The fourth-order valence-corrected chi connectivity index (χ4v) is 7.81. The monoisotopic (exact) mass is 1050 g/mol. The van der Waals surface area contributed by atoms with Crippen molar-refractivity contribution in [3.63, 3.8) is 0 Å². The van der Waals surface area contributed by atoms with Crippen molar-refractivity contribution < 1.29 is 73.4 Å². The molecule has 1 aromatic carbocycles. The second-order valence-corrected chi connectivity index (χ2v) is 19.7. The summed E-state index contributed by atoms with van der Waals surface area (Å²) in [5, 5.41) is 68.3. The smallest absolute Gasteiger partial charge is 0.329 e. The number of hydrogen-bond acceptors (Lipinski definition) is 15. The van der Waals surface area contributed by atoms with Crippen LogP contribution in [0, 0.1) is 17.8 Å². The van der Waals surface area contributed by atoms with E-state index in [1.807, 2.05) is 0 Å². The van der Waals surface area contributed by atoms with E-state index in [4.69, 9.17) is 4.74 Å². The Labute approximate surface area is 433 Å². The van der Waals surface area contributed by atoms with Gasteiger partial charge in [0.1, 0.15) is 48.6 Å². The molecule has 416 valence electrons. The number of aliphatic hydroxyl groups is 4. The van der Waals surface area contributed by atoms with E-state index >= 15 is 0 Å². The number of carbonyl (C=O) groups excluding carboxylic acids is 9. The van der Waals surface area contributed by atoms with Gasteiger partial charge in [-0.1, -0.05) is 105 Å². The predicted molar refractivity (Wildman–Crippen MR) is 271 cm³/mol. The van der Waals surface area contributed by atoms with Crippen LogP contribution >= 0.6 is 0 Å². The highest BCUT2D eigenvalue weighted by atomic mass is 16.5. The number of hydrogen-bond donors (Lipinski definition) is 12. The van der Waals surface area contributed by atoms with E-state index in [0.717, 1.165) is 44.6 Å². The first kappa shape index (κ1) is 63.9. The molecule has 0 fully saturated rings. The molecule has 74 heavy (non-hydrogen) atoms. The number of phenolic OH excluding ortho intramolecular Hbond substituents is 1. The highest BCUT2D eigenvalue weighted by Crippen LogP contribution is 2.18. The van der Waals surface area contributed by atoms with Crippen LogP contribution in [0.25, 0.3) is 0 Å². The summed E-state index contributed by atoms with van der Waals surface area (Å²) in [6.07, 6.45) is 6.74. The predicted octanol–water partition coefficient (Wildman–Crippen LogP) is -0.895. The molecular weight excluding hydrogens is 965 g/mol. The number of likely N-dealkylation sites (N-methyl/N-ethyl adjacent to an activating group) is 1. The molecular formula is C51H82N8O15. The van der Waals surface area contributed by atoms with E-state index in [-0.39, 0.29) is 18.6 Å². The fourth-order valence-electron chi connectivity index (χ4n) is 7.81. The van der Waals surface area contributed by atoms with Gasteiger partial charge < -0.3 is 72.4 Å². The zero-order valence-corrected chi connectivity index (χ0v) is 44.1. The molecule has 8 amide bonds. The molecule has 23 nitrogen and oxygen atoms in total. The summed E-state index contributed by atoms with van der Waals surface area (Å²) >= 11 is 0. The first-order valence-corrected chi connectivity index (χ1v) is 25.5. The van der Waals surface area contributed by atoms with Crippen molar-refractivity contribution in [2.24, 2.45) is 17.8 Å². The van der Waals surface area contributed by atoms with Gasteiger partial charge in [0.15, 0.2) is 0 Å². The topological polar surface area (TPSA) is 351 Å². The molecule has 0 saturated carbocycles. The maximum absolute atomic E-state index is 13.8. The molecule has 12 N–H and O–H groups in total. The van der Waals surface area contributed by atoms with Crippen LogP contribution in [0.5, 0.6) is 5.75 Å². The third-order valence-electron chi connectivity index (χ3n) is 12.4. The molecule has 1 aromatic rings. The van der Waals surface area contributed by atoms with Crippen LogP contribution in [-0.2, 0) is 54.3 Å². The summed E-state index contributed by atoms with van der Waals surface area (Å²) in [6.45, 7) is 8.80. The lowest BCUT2D eigenvalue weighted by Gasteiger charge is -2.32. The van der Waals surface area contributed by atoms with Crippen LogP contribution < -0.4 is 37.2 Å². The second kappa shape index (κ2) is 32.9. The van der Waals surface area contributed by atoms with Crippen LogP contribution in [0.3, 0.4) is 0 Å². The summed E-state index contributed by atoms with van der Waals surface area (Å²) in [5.74, 6) is -8.69. The lowest BCUT2D eigenvalue weighted by molar-refractivity contribution is -0.156. The van der Waals surface area contributed by atoms with Crippen LogP contribution in [-0.4, -0.2) is 172 Å². The van der Waals surface area contributed by atoms with Crippen LogP contribution in [0.1, 0.15) is 112 Å². The number of benzene rings is 1. The number of carbonyl (C=O) groups is 9. The molecule has 0 aliphatic carbocycles. The van der Waals surface area contributed by atoms with E-state index in [0.29, 0.717) is 12.0 Å². The van der Waals surface area contributed by atoms with Crippen LogP contribution in [0.2, 0.25) is 0 Å². The van der Waals surface area contributed by atoms with Gasteiger partial charge in [-0.25, -0.2) is 4.79 Å². The lowest BCUT2D eigenvalue weighted by Crippen LogP contribution is -2.59. The molecule has 0 unspecified atom stereocenters. The van der Waals surface area contributed by atoms with Crippen molar-refractivity contribution in [1.29, 1.82) is 0 Å². The van der Waals surface area contributed by atoms with E-state index < -0.39 is 158 Å². The van der Waals surface area contributed by atoms with Gasteiger partial charge in [0.05, 0.1) is 44.4 Å². The second-order valence-electron chi connectivity index (χ2n) is 19.7. The Kier molecular flexibility index (Phi) is 28.4. The molecule has 9 atom stereocenters. The fraction of sp³-hybridized carbons (Fsp3) is 0.667. The minimum atomic E-state index is -1.77. The molecule has 2 rings (SSSR count). The highest BCUT2D eigenvalue weighted by Gasteiger charge is 2.37. The standard InChI is InChI=1S/C51H82N8O15/c1-9-10-11-12-13-14-15-16-40(65)53-36(26-61)46(68)58-44(30(4)5)49(71)55-35(25-60)39(64)24-42(67)54-37(27-62)47(69)57-43(29(2)3)48(70)52-33-19-22-41(66)56-45(31(6)7)50(72)59(8)38(51(73)74-28-33)23-32-17-20-34(63)21-18-32/h17-22,29-31,33,35-39,43-45,60-64H,9-16,23-28H2,1-8H3,(H,52,70)(H,53,65)(H,54,67)(H,55,71)(H,56,66)(H,57,69)(H,58,68)/t33-,35+,36+,37+,38+,39+,43+,44+,45+/m1/s1. The summed E-state index contributed by atoms with van der Waals surface area (Å²) in [4.78, 5) is 121. The molecule has 0 saturated heterocycles. The van der Waals surface area contributed by atoms with Crippen molar-refractivity contribution in [2.45, 2.75) is 167 Å². The van der Waals surface area contributed by atoms with E-state index in [2.05, 4.69) is 44.1 Å². The lowest BCUT2D eigenvalue weighted by atomic mass is 9.99. The first-order chi connectivity index (χ1) is 35.0. The number of cyclic esters (lactones) is 1. The van der Waals surface area contributed by atoms with Gasteiger partial charge in [0.2, 0.25) is 47.3 Å². The van der Waals surface area contributed by atoms with Crippen molar-refractivity contribution >= 4 is 53.2 Å². The summed E-state index contributed by atoms with van der Waals surface area (Å²) < 4.78 is 5.62. The van der Waals surface area contributed by atoms with Crippen molar-refractivity contribution in [3.8, 4) is 5.75 Å². The first-order valence-electron chi connectivity index (χ1n) is 25.5. The minimum Gasteiger partial charge on any atom is -0.508 e. The van der Waals surface area contributed by atoms with Gasteiger partial charge in [-0.2, -0.15) is 0 Å². The molecule has 0 aromatic heterocycles. The third-order valence-corrected chi connectivity index (χ3v) is 12.4. The van der Waals surface area contributed by atoms with Crippen molar-refractivity contribution in [3.05, 3.63) is 42.0 Å². The van der Waals surface area contributed by atoms with Gasteiger partial charge in [0.25, 0.3) is 0 Å². The highest BCUT2D eigenvalue weighted by molar-refractivity contribution is 5.96. The summed E-state index contributed by atoms with van der Waals surface area (Å²) in [7, 11) is 1.40. The average molecular weight is 1050 g/mol. The number of aromatic hydroxyl groups is 1. The van der Waals surface area contributed by atoms with E-state index in [1.165, 1.54) is 30.2 Å². The van der Waals surface area contributed by atoms with Gasteiger partial charge in [0, 0.05) is 26.0 Å². The van der Waals surface area contributed by atoms with Crippen molar-refractivity contribution in [1.82, 2.24) is 42.1 Å². The molecule has 1 aliphatic rings. The van der Waals surface area contributed by atoms with Crippen LogP contribution in [0.15, 0.2) is 36.4 Å². The Hall–Kier alpha value is -6.17. The SMILES string of the molecule is CCCCCCCCCC(=O)N[C@@H](CO)C(=O)N[C@H](C(=O)N[C@@H](CO)[C@@H](O)CC(=O)N[C@@H](CO)C(=O)N[C@H](C(=O)N[C@@H]1C=CC(=O)N[C@@H](C(C)C)C(=O)N(C)[C@@H](Cc2ccc(O)cc2)C(=O)OC1)C(C)C)C(C)C. The van der Waals surface area contributed by atoms with Crippen LogP contribution in [0.4, 0.5) is 0 Å². The number of unbranched alkanes of at least 4 members (excludes halogenated alkanes) is 6. The number of amides is 8. The number of ether oxygens (including phenoxy) is 1. The average Bonchev–Trinajstić information content (AvgIpc) is 3.35. The molecule has 0 radical (unpaired) electrons. The van der Waals surface area contributed by atoms with Crippen molar-refractivity contribution in [2.75, 3.05) is 33.5 Å². The molecule has 1 heterocycles. The van der Waals surface area contributed by atoms with Gasteiger partial charge in [-0.3, -0.25) is 38.4 Å². The zero-order valence-electron chi connectivity index (χ0n) is 44.1. The zero-order chi connectivity index (χ0) is 55.7. The number of rotatable bonds is 29. The molecule has 23 heteroatoms. The van der Waals surface area contributed by atoms with Gasteiger partial charge >= 0.3 is 5.97 Å². The molecule has 1 aliphatic heterocycles. The Morgan fingerprint density at radius 2 is 1.26 bits per heavy atom. The Morgan fingerprint density at radius 3 is 1.78 bits per heavy atom. The van der Waals surface area contributed by atoms with Gasteiger partial charge in [-0.15, -0.1) is 0 Å². The largest absolute Gasteiger partial charge is 0.508 e. The number of phenols is 1. The van der Waals surface area contributed by atoms with Gasteiger partial charge in [-0.05, 0) is 41.9 Å². The van der Waals surface area contributed by atoms with E-state index in [1.54, 1.807) is 53.7 Å². The maximum atomic E-state index is 13.8. The number of nitrogens with zero attached hydrogens (tertiary/aromatic N) is 1. The quantitative estimate of drug-likeness (QED) is 0.0342.